The molecule has 2 fully saturated rings. The van der Waals surface area contributed by atoms with Crippen molar-refractivity contribution in [2.24, 2.45) is 5.41 Å². The lowest BCUT2D eigenvalue weighted by Crippen LogP contribution is -2.41. The Labute approximate surface area is 208 Å². The molecule has 0 spiro atoms. The van der Waals surface area contributed by atoms with Gasteiger partial charge in [-0.05, 0) is 72.2 Å². The Hall–Kier alpha value is -2.69. The maximum absolute atomic E-state index is 12.0. The summed E-state index contributed by atoms with van der Waals surface area (Å²) in [4.78, 5) is 12.0. The molecule has 4 heteroatoms. The summed E-state index contributed by atoms with van der Waals surface area (Å²) >= 11 is 0. The van der Waals surface area contributed by atoms with Gasteiger partial charge in [-0.15, -0.1) is 0 Å². The number of piperidine rings is 1. The predicted octanol–water partition coefficient (Wildman–Crippen LogP) is 6.47. The number of carbonyl (C=O) groups is 1. The molecule has 1 saturated heterocycles. The van der Waals surface area contributed by atoms with E-state index in [9.17, 15) is 9.90 Å². The molecule has 5 rings (SSSR count). The first kappa shape index (κ1) is 24.0. The molecule has 0 radical (unpaired) electrons. The predicted molar refractivity (Wildman–Crippen MR) is 141 cm³/mol. The number of ether oxygens (including phenoxy) is 1. The molecule has 2 N–H and O–H groups in total. The quantitative estimate of drug-likeness (QED) is 0.395. The number of aryl methyl sites for hydroxylation is 1. The van der Waals surface area contributed by atoms with Crippen molar-refractivity contribution in [3.8, 4) is 0 Å². The Morgan fingerprint density at radius 2 is 1.69 bits per heavy atom. The van der Waals surface area contributed by atoms with Crippen molar-refractivity contribution < 1.29 is 14.6 Å². The van der Waals surface area contributed by atoms with Gasteiger partial charge in [0.1, 0.15) is 0 Å². The highest BCUT2D eigenvalue weighted by Gasteiger charge is 2.39. The van der Waals surface area contributed by atoms with Crippen LogP contribution in [0.4, 0.5) is 0 Å². The van der Waals surface area contributed by atoms with E-state index in [4.69, 9.17) is 4.74 Å². The van der Waals surface area contributed by atoms with Crippen LogP contribution in [-0.2, 0) is 22.6 Å². The van der Waals surface area contributed by atoms with Gasteiger partial charge in [-0.1, -0.05) is 79.9 Å². The summed E-state index contributed by atoms with van der Waals surface area (Å²) in [7, 11) is 0. The Morgan fingerprint density at radius 1 is 0.943 bits per heavy atom. The first-order valence-electron chi connectivity index (χ1n) is 13.3. The van der Waals surface area contributed by atoms with E-state index in [1.54, 1.807) is 0 Å². The monoisotopic (exact) mass is 471 g/mol. The zero-order valence-corrected chi connectivity index (χ0v) is 20.5. The molecule has 2 aliphatic rings. The molecule has 1 heterocycles. The van der Waals surface area contributed by atoms with E-state index in [1.807, 2.05) is 0 Å². The molecule has 3 aromatic rings. The third-order valence-electron chi connectivity index (χ3n) is 8.27. The summed E-state index contributed by atoms with van der Waals surface area (Å²) in [5, 5.41) is 15.9. The Kier molecular flexibility index (Phi) is 7.50. The van der Waals surface area contributed by atoms with Crippen molar-refractivity contribution in [2.75, 3.05) is 13.1 Å². The SMILES string of the molecule is O=C(O)C1(CCc2ccc(C3CCNCC3OCc3ccc4ccccc4c3)cc2)CCCCC1. The molecule has 0 aromatic heterocycles. The Morgan fingerprint density at radius 3 is 2.46 bits per heavy atom. The van der Waals surface area contributed by atoms with Crippen molar-refractivity contribution in [1.82, 2.24) is 5.32 Å². The lowest BCUT2D eigenvalue weighted by molar-refractivity contribution is -0.151. The third kappa shape index (κ3) is 5.60. The molecular weight excluding hydrogens is 434 g/mol. The molecule has 184 valence electrons. The van der Waals surface area contributed by atoms with E-state index in [0.717, 1.165) is 58.0 Å². The molecule has 35 heavy (non-hydrogen) atoms. The lowest BCUT2D eigenvalue weighted by Gasteiger charge is -2.33. The number of carboxylic acid groups (broad SMARTS) is 1. The van der Waals surface area contributed by atoms with E-state index in [-0.39, 0.29) is 6.10 Å². The van der Waals surface area contributed by atoms with Crippen molar-refractivity contribution in [1.29, 1.82) is 0 Å². The summed E-state index contributed by atoms with van der Waals surface area (Å²) in [5.41, 5.74) is 3.25. The molecule has 0 amide bonds. The average molecular weight is 472 g/mol. The number of hydrogen-bond donors (Lipinski definition) is 2. The number of hydrogen-bond acceptors (Lipinski definition) is 3. The summed E-state index contributed by atoms with van der Waals surface area (Å²) < 4.78 is 6.45. The Bertz CT molecular complexity index is 1130. The number of fused-ring (bicyclic) bond motifs is 1. The van der Waals surface area contributed by atoms with Gasteiger partial charge in [-0.2, -0.15) is 0 Å². The largest absolute Gasteiger partial charge is 0.481 e. The van der Waals surface area contributed by atoms with Crippen LogP contribution in [0.5, 0.6) is 0 Å². The fourth-order valence-electron chi connectivity index (χ4n) is 6.03. The molecule has 1 aliphatic carbocycles. The van der Waals surface area contributed by atoms with Crippen LogP contribution in [0.1, 0.15) is 67.6 Å². The van der Waals surface area contributed by atoms with Crippen LogP contribution in [0.25, 0.3) is 10.8 Å². The summed E-state index contributed by atoms with van der Waals surface area (Å²) in [6.45, 7) is 2.48. The highest BCUT2D eigenvalue weighted by Crippen LogP contribution is 2.40. The van der Waals surface area contributed by atoms with Crippen LogP contribution < -0.4 is 5.32 Å². The summed E-state index contributed by atoms with van der Waals surface area (Å²) in [6.07, 6.45) is 7.68. The topological polar surface area (TPSA) is 58.6 Å². The average Bonchev–Trinajstić information content (AvgIpc) is 2.91. The van der Waals surface area contributed by atoms with Crippen LogP contribution in [0, 0.1) is 5.41 Å². The number of rotatable bonds is 8. The van der Waals surface area contributed by atoms with Gasteiger partial charge in [0.05, 0.1) is 18.1 Å². The maximum atomic E-state index is 12.0. The molecule has 0 bridgehead atoms. The summed E-state index contributed by atoms with van der Waals surface area (Å²) in [5.74, 6) is -0.232. The minimum Gasteiger partial charge on any atom is -0.481 e. The van der Waals surface area contributed by atoms with Crippen molar-refractivity contribution in [3.63, 3.8) is 0 Å². The molecule has 4 nitrogen and oxygen atoms in total. The number of carboxylic acids is 1. The van der Waals surface area contributed by atoms with E-state index < -0.39 is 11.4 Å². The van der Waals surface area contributed by atoms with Gasteiger partial charge in [-0.25, -0.2) is 0 Å². The van der Waals surface area contributed by atoms with E-state index >= 15 is 0 Å². The highest BCUT2D eigenvalue weighted by atomic mass is 16.5. The lowest BCUT2D eigenvalue weighted by atomic mass is 9.70. The second-order valence-corrected chi connectivity index (χ2v) is 10.5. The van der Waals surface area contributed by atoms with E-state index in [0.29, 0.717) is 12.5 Å². The first-order valence-corrected chi connectivity index (χ1v) is 13.3. The molecule has 2 unspecified atom stereocenters. The first-order chi connectivity index (χ1) is 17.1. The van der Waals surface area contributed by atoms with E-state index in [2.05, 4.69) is 72.0 Å². The minimum atomic E-state index is -0.602. The number of aliphatic carboxylic acids is 1. The Balaban J connectivity index is 1.21. The van der Waals surface area contributed by atoms with Gasteiger partial charge >= 0.3 is 5.97 Å². The van der Waals surface area contributed by atoms with Gasteiger partial charge in [0.15, 0.2) is 0 Å². The second kappa shape index (κ2) is 10.9. The molecule has 1 aliphatic heterocycles. The van der Waals surface area contributed by atoms with Crippen molar-refractivity contribution in [2.45, 2.75) is 70.0 Å². The number of benzene rings is 3. The van der Waals surface area contributed by atoms with Crippen LogP contribution >= 0.6 is 0 Å². The van der Waals surface area contributed by atoms with Crippen molar-refractivity contribution >= 4 is 16.7 Å². The zero-order valence-electron chi connectivity index (χ0n) is 20.5. The van der Waals surface area contributed by atoms with Gasteiger partial charge in [0, 0.05) is 12.5 Å². The molecule has 2 atom stereocenters. The molecule has 3 aromatic carbocycles. The van der Waals surface area contributed by atoms with Crippen LogP contribution in [0.2, 0.25) is 0 Å². The minimum absolute atomic E-state index is 0.138. The van der Waals surface area contributed by atoms with Gasteiger partial charge < -0.3 is 15.2 Å². The third-order valence-corrected chi connectivity index (χ3v) is 8.27. The molecular formula is C31H37NO3. The van der Waals surface area contributed by atoms with Gasteiger partial charge in [-0.3, -0.25) is 4.79 Å². The fraction of sp³-hybridized carbons (Fsp3) is 0.452. The second-order valence-electron chi connectivity index (χ2n) is 10.5. The highest BCUT2D eigenvalue weighted by molar-refractivity contribution is 5.82. The molecule has 1 saturated carbocycles. The normalized spacial score (nSPS) is 22.2. The number of nitrogens with one attached hydrogen (secondary N) is 1. The standard InChI is InChI=1S/C31H37NO3/c33-30(34)31(16-4-1-5-17-31)18-14-23-8-12-26(13-9-23)28-15-19-32-21-29(28)35-22-24-10-11-25-6-2-3-7-27(25)20-24/h2-3,6-13,20,28-29,32H,1,4-5,14-19,21-22H2,(H,33,34). The zero-order chi connectivity index (χ0) is 24.1. The van der Waals surface area contributed by atoms with Crippen LogP contribution in [-0.4, -0.2) is 30.3 Å². The summed E-state index contributed by atoms with van der Waals surface area (Å²) in [6, 6.07) is 23.9. The van der Waals surface area contributed by atoms with Crippen LogP contribution in [0.15, 0.2) is 66.7 Å². The van der Waals surface area contributed by atoms with Gasteiger partial charge in [0.25, 0.3) is 0 Å². The van der Waals surface area contributed by atoms with Crippen LogP contribution in [0.3, 0.4) is 0 Å². The maximum Gasteiger partial charge on any atom is 0.309 e. The smallest absolute Gasteiger partial charge is 0.309 e. The van der Waals surface area contributed by atoms with Crippen molar-refractivity contribution in [3.05, 3.63) is 83.4 Å². The van der Waals surface area contributed by atoms with Gasteiger partial charge in [0.2, 0.25) is 0 Å². The van der Waals surface area contributed by atoms with E-state index in [1.165, 1.54) is 33.9 Å². The fourth-order valence-corrected chi connectivity index (χ4v) is 6.03.